The zero-order valence-corrected chi connectivity index (χ0v) is 11.8. The van der Waals surface area contributed by atoms with Crippen molar-refractivity contribution in [2.75, 3.05) is 5.32 Å². The Balaban J connectivity index is 1.82. The van der Waals surface area contributed by atoms with Crippen LogP contribution in [-0.4, -0.2) is 9.55 Å². The van der Waals surface area contributed by atoms with E-state index in [9.17, 15) is 4.79 Å². The van der Waals surface area contributed by atoms with Gasteiger partial charge in [0.05, 0.1) is 6.04 Å². The molecule has 0 saturated heterocycles. The van der Waals surface area contributed by atoms with Crippen molar-refractivity contribution in [3.63, 3.8) is 0 Å². The first-order valence-electron chi connectivity index (χ1n) is 7.05. The van der Waals surface area contributed by atoms with Crippen molar-refractivity contribution >= 4 is 5.82 Å². The highest BCUT2D eigenvalue weighted by atomic mass is 16.1. The maximum Gasteiger partial charge on any atom is 0.293 e. The molecule has 0 amide bonds. The van der Waals surface area contributed by atoms with Crippen molar-refractivity contribution in [2.24, 2.45) is 0 Å². The monoisotopic (exact) mass is 269 g/mol. The summed E-state index contributed by atoms with van der Waals surface area (Å²) in [6, 6.07) is 8.75. The fourth-order valence-electron chi connectivity index (χ4n) is 2.31. The van der Waals surface area contributed by atoms with E-state index in [-0.39, 0.29) is 11.6 Å². The Morgan fingerprint density at radius 2 is 2.00 bits per heavy atom. The van der Waals surface area contributed by atoms with Gasteiger partial charge in [-0.2, -0.15) is 0 Å². The highest BCUT2D eigenvalue weighted by molar-refractivity contribution is 5.36. The first-order chi connectivity index (χ1) is 9.65. The lowest BCUT2D eigenvalue weighted by Crippen LogP contribution is -2.24. The molecule has 20 heavy (non-hydrogen) atoms. The molecule has 1 aliphatic rings. The number of aromatic nitrogens is 2. The van der Waals surface area contributed by atoms with E-state index in [1.165, 1.54) is 5.56 Å². The second kappa shape index (κ2) is 5.12. The Labute approximate surface area is 118 Å². The number of hydrogen-bond donors (Lipinski definition) is 1. The first kappa shape index (κ1) is 12.9. The van der Waals surface area contributed by atoms with E-state index in [1.54, 1.807) is 17.0 Å². The van der Waals surface area contributed by atoms with Gasteiger partial charge in [-0.1, -0.05) is 29.8 Å². The van der Waals surface area contributed by atoms with Crippen LogP contribution in [0.4, 0.5) is 5.82 Å². The molecule has 1 aromatic carbocycles. The van der Waals surface area contributed by atoms with Gasteiger partial charge in [0.2, 0.25) is 0 Å². The average Bonchev–Trinajstić information content (AvgIpc) is 3.26. The van der Waals surface area contributed by atoms with Gasteiger partial charge in [-0.25, -0.2) is 4.98 Å². The molecule has 104 valence electrons. The molecule has 4 nitrogen and oxygen atoms in total. The summed E-state index contributed by atoms with van der Waals surface area (Å²) < 4.78 is 1.79. The smallest absolute Gasteiger partial charge is 0.293 e. The van der Waals surface area contributed by atoms with Crippen LogP contribution in [0.2, 0.25) is 0 Å². The van der Waals surface area contributed by atoms with Crippen LogP contribution >= 0.6 is 0 Å². The molecule has 3 rings (SSSR count). The third-order valence-corrected chi connectivity index (χ3v) is 3.74. The van der Waals surface area contributed by atoms with Crippen LogP contribution in [0.15, 0.2) is 41.5 Å². The molecule has 1 fully saturated rings. The van der Waals surface area contributed by atoms with E-state index in [0.717, 1.165) is 18.4 Å². The standard InChI is InChI=1S/C16H19N3O/c1-11-3-5-13(6-4-11)12(2)18-15-16(20)19(10-9-17-15)14-7-8-14/h3-6,9-10,12,14H,7-8H2,1-2H3,(H,17,18). The van der Waals surface area contributed by atoms with E-state index in [4.69, 9.17) is 0 Å². The van der Waals surface area contributed by atoms with E-state index in [0.29, 0.717) is 11.9 Å². The van der Waals surface area contributed by atoms with Gasteiger partial charge in [0.1, 0.15) is 0 Å². The molecule has 0 radical (unpaired) electrons. The SMILES string of the molecule is Cc1ccc(C(C)Nc2nccn(C3CC3)c2=O)cc1. The van der Waals surface area contributed by atoms with Crippen molar-refractivity contribution in [1.29, 1.82) is 0 Å². The third kappa shape index (κ3) is 2.59. The third-order valence-electron chi connectivity index (χ3n) is 3.74. The number of anilines is 1. The van der Waals surface area contributed by atoms with Gasteiger partial charge in [-0.05, 0) is 32.3 Å². The normalized spacial score (nSPS) is 15.9. The fourth-order valence-corrected chi connectivity index (χ4v) is 2.31. The quantitative estimate of drug-likeness (QED) is 0.928. The second-order valence-corrected chi connectivity index (χ2v) is 5.50. The summed E-state index contributed by atoms with van der Waals surface area (Å²) in [4.78, 5) is 16.5. The summed E-state index contributed by atoms with van der Waals surface area (Å²) >= 11 is 0. The van der Waals surface area contributed by atoms with Crippen LogP contribution in [-0.2, 0) is 0 Å². The summed E-state index contributed by atoms with van der Waals surface area (Å²) in [5.74, 6) is 0.437. The van der Waals surface area contributed by atoms with Crippen molar-refractivity contribution in [2.45, 2.75) is 38.8 Å². The van der Waals surface area contributed by atoms with Gasteiger partial charge in [0, 0.05) is 18.4 Å². The summed E-state index contributed by atoms with van der Waals surface area (Å²) in [7, 11) is 0. The molecule has 1 unspecified atom stereocenters. The summed E-state index contributed by atoms with van der Waals surface area (Å²) in [5, 5.41) is 3.22. The number of hydrogen-bond acceptors (Lipinski definition) is 3. The van der Waals surface area contributed by atoms with E-state index in [2.05, 4.69) is 41.5 Å². The number of aryl methyl sites for hydroxylation is 1. The Bertz CT molecular complexity index is 656. The molecule has 1 aromatic heterocycles. The molecular formula is C16H19N3O. The van der Waals surface area contributed by atoms with Crippen LogP contribution in [0.5, 0.6) is 0 Å². The lowest BCUT2D eigenvalue weighted by molar-refractivity contribution is 0.696. The van der Waals surface area contributed by atoms with Gasteiger partial charge in [-0.3, -0.25) is 4.79 Å². The molecular weight excluding hydrogens is 250 g/mol. The van der Waals surface area contributed by atoms with Gasteiger partial charge >= 0.3 is 0 Å². The van der Waals surface area contributed by atoms with Gasteiger partial charge < -0.3 is 9.88 Å². The van der Waals surface area contributed by atoms with Crippen LogP contribution in [0, 0.1) is 6.92 Å². The largest absolute Gasteiger partial charge is 0.359 e. The summed E-state index contributed by atoms with van der Waals surface area (Å²) in [6.07, 6.45) is 5.67. The Hall–Kier alpha value is -2.10. The first-order valence-corrected chi connectivity index (χ1v) is 7.05. The number of rotatable bonds is 4. The maximum absolute atomic E-state index is 12.3. The fraction of sp³-hybridized carbons (Fsp3) is 0.375. The average molecular weight is 269 g/mol. The number of nitrogens with one attached hydrogen (secondary N) is 1. The van der Waals surface area contributed by atoms with Gasteiger partial charge in [-0.15, -0.1) is 0 Å². The lowest BCUT2D eigenvalue weighted by atomic mass is 10.1. The van der Waals surface area contributed by atoms with Gasteiger partial charge in [0.25, 0.3) is 5.56 Å². The van der Waals surface area contributed by atoms with Crippen LogP contribution in [0.25, 0.3) is 0 Å². The van der Waals surface area contributed by atoms with Crippen molar-refractivity contribution in [3.8, 4) is 0 Å². The summed E-state index contributed by atoms with van der Waals surface area (Å²) in [6.45, 7) is 4.11. The second-order valence-electron chi connectivity index (χ2n) is 5.50. The van der Waals surface area contributed by atoms with Gasteiger partial charge in [0.15, 0.2) is 5.82 Å². The molecule has 0 aliphatic heterocycles. The predicted molar refractivity (Wildman–Crippen MR) is 80.0 cm³/mol. The van der Waals surface area contributed by atoms with Crippen LogP contribution < -0.4 is 10.9 Å². The predicted octanol–water partition coefficient (Wildman–Crippen LogP) is 3.06. The molecule has 1 heterocycles. The van der Waals surface area contributed by atoms with E-state index in [1.807, 2.05) is 6.92 Å². The molecule has 1 aliphatic carbocycles. The van der Waals surface area contributed by atoms with E-state index >= 15 is 0 Å². The topological polar surface area (TPSA) is 46.9 Å². The summed E-state index contributed by atoms with van der Waals surface area (Å²) in [5.41, 5.74) is 2.36. The molecule has 4 heteroatoms. The minimum Gasteiger partial charge on any atom is -0.359 e. The van der Waals surface area contributed by atoms with Crippen molar-refractivity contribution in [1.82, 2.24) is 9.55 Å². The molecule has 0 bridgehead atoms. The van der Waals surface area contributed by atoms with Crippen molar-refractivity contribution in [3.05, 3.63) is 58.1 Å². The highest BCUT2D eigenvalue weighted by Crippen LogP contribution is 2.33. The minimum atomic E-state index is -0.0195. The van der Waals surface area contributed by atoms with E-state index < -0.39 is 0 Å². The van der Waals surface area contributed by atoms with Crippen LogP contribution in [0.3, 0.4) is 0 Å². The Kier molecular flexibility index (Phi) is 3.30. The minimum absolute atomic E-state index is 0.0195. The van der Waals surface area contributed by atoms with Crippen LogP contribution in [0.1, 0.15) is 43.0 Å². The van der Waals surface area contributed by atoms with Crippen molar-refractivity contribution < 1.29 is 0 Å². The zero-order chi connectivity index (χ0) is 14.1. The zero-order valence-electron chi connectivity index (χ0n) is 11.8. The maximum atomic E-state index is 12.3. The number of nitrogens with zero attached hydrogens (tertiary/aromatic N) is 2. The molecule has 2 aromatic rings. The Morgan fingerprint density at radius 1 is 1.30 bits per heavy atom. The number of benzene rings is 1. The molecule has 1 saturated carbocycles. The molecule has 1 N–H and O–H groups in total. The highest BCUT2D eigenvalue weighted by Gasteiger charge is 2.25. The lowest BCUT2D eigenvalue weighted by Gasteiger charge is -2.15. The Morgan fingerprint density at radius 3 is 2.65 bits per heavy atom. The molecule has 0 spiro atoms. The molecule has 1 atom stereocenters.